The van der Waals surface area contributed by atoms with Crippen LogP contribution < -0.4 is 5.32 Å². The average molecular weight is 212 g/mol. The molecule has 1 rings (SSSR count). The summed E-state index contributed by atoms with van der Waals surface area (Å²) in [4.78, 5) is 4.51. The molecule has 1 atom stereocenters. The fraction of sp³-hybridized carbons (Fsp3) is 0.917. The Morgan fingerprint density at radius 1 is 1.40 bits per heavy atom. The average Bonchev–Trinajstić information content (AvgIpc) is 2.25. The summed E-state index contributed by atoms with van der Waals surface area (Å²) in [6.07, 6.45) is 3.61. The van der Waals surface area contributed by atoms with Crippen molar-refractivity contribution in [1.29, 1.82) is 0 Å². The van der Waals surface area contributed by atoms with Gasteiger partial charge in [0.05, 0.1) is 18.5 Å². The maximum Gasteiger partial charge on any atom is 0.0966 e. The van der Waals surface area contributed by atoms with Gasteiger partial charge in [-0.05, 0) is 25.7 Å². The largest absolute Gasteiger partial charge is 0.380 e. The van der Waals surface area contributed by atoms with Gasteiger partial charge in [-0.3, -0.25) is 4.99 Å². The van der Waals surface area contributed by atoms with Gasteiger partial charge in [-0.15, -0.1) is 0 Å². The Morgan fingerprint density at radius 3 is 2.73 bits per heavy atom. The normalized spacial score (nSPS) is 18.8. The monoisotopic (exact) mass is 212 g/mol. The van der Waals surface area contributed by atoms with Gasteiger partial charge in [0.1, 0.15) is 0 Å². The van der Waals surface area contributed by atoms with E-state index in [9.17, 15) is 0 Å². The summed E-state index contributed by atoms with van der Waals surface area (Å²) in [6.45, 7) is 9.04. The molecule has 0 aromatic heterocycles. The first-order chi connectivity index (χ1) is 7.24. The fourth-order valence-electron chi connectivity index (χ4n) is 1.67. The van der Waals surface area contributed by atoms with Gasteiger partial charge in [-0.2, -0.15) is 0 Å². The number of amidine groups is 1. The topological polar surface area (TPSA) is 33.6 Å². The summed E-state index contributed by atoms with van der Waals surface area (Å²) in [7, 11) is 0. The van der Waals surface area contributed by atoms with E-state index in [-0.39, 0.29) is 0 Å². The van der Waals surface area contributed by atoms with Crippen LogP contribution in [0.2, 0.25) is 0 Å². The van der Waals surface area contributed by atoms with Gasteiger partial charge in [-0.25, -0.2) is 0 Å². The molecule has 0 aliphatic carbocycles. The Labute approximate surface area is 93.3 Å². The van der Waals surface area contributed by atoms with Crippen LogP contribution in [0.15, 0.2) is 4.99 Å². The first-order valence-electron chi connectivity index (χ1n) is 6.11. The minimum atomic E-state index is 0.404. The second kappa shape index (κ2) is 6.83. The van der Waals surface area contributed by atoms with Gasteiger partial charge >= 0.3 is 0 Å². The second-order valence-electron chi connectivity index (χ2n) is 4.44. The molecule has 1 aliphatic rings. The van der Waals surface area contributed by atoms with Crippen LogP contribution in [-0.2, 0) is 4.74 Å². The van der Waals surface area contributed by atoms with Gasteiger partial charge in [0.15, 0.2) is 0 Å². The van der Waals surface area contributed by atoms with Crippen molar-refractivity contribution in [3.05, 3.63) is 0 Å². The molecule has 3 nitrogen and oxygen atoms in total. The molecule has 0 spiro atoms. The highest BCUT2D eigenvalue weighted by Gasteiger charge is 2.15. The molecule has 0 aromatic rings. The molecule has 0 aromatic carbocycles. The third-order valence-electron chi connectivity index (χ3n) is 2.78. The van der Waals surface area contributed by atoms with Crippen LogP contribution in [0.1, 0.15) is 40.0 Å². The van der Waals surface area contributed by atoms with E-state index in [1.807, 2.05) is 6.92 Å². The van der Waals surface area contributed by atoms with Crippen LogP contribution in [0.4, 0.5) is 0 Å². The first kappa shape index (κ1) is 12.5. The van der Waals surface area contributed by atoms with Crippen LogP contribution in [0.25, 0.3) is 0 Å². The Bertz CT molecular complexity index is 202. The van der Waals surface area contributed by atoms with Crippen molar-refractivity contribution >= 4 is 5.84 Å². The number of nitrogens with zero attached hydrogens (tertiary/aromatic N) is 1. The smallest absolute Gasteiger partial charge is 0.0966 e. The van der Waals surface area contributed by atoms with Crippen molar-refractivity contribution in [3.8, 4) is 0 Å². The minimum Gasteiger partial charge on any atom is -0.380 e. The van der Waals surface area contributed by atoms with Gasteiger partial charge in [0, 0.05) is 19.6 Å². The van der Waals surface area contributed by atoms with Crippen molar-refractivity contribution < 1.29 is 4.74 Å². The van der Waals surface area contributed by atoms with E-state index < -0.39 is 0 Å². The van der Waals surface area contributed by atoms with Gasteiger partial charge < -0.3 is 10.1 Å². The van der Waals surface area contributed by atoms with Crippen LogP contribution >= 0.6 is 0 Å². The molecule has 15 heavy (non-hydrogen) atoms. The molecular weight excluding hydrogens is 188 g/mol. The lowest BCUT2D eigenvalue weighted by molar-refractivity contribution is 0.115. The Kier molecular flexibility index (Phi) is 5.69. The van der Waals surface area contributed by atoms with Gasteiger partial charge in [0.25, 0.3) is 0 Å². The molecule has 0 bridgehead atoms. The van der Waals surface area contributed by atoms with Crippen molar-refractivity contribution in [3.63, 3.8) is 0 Å². The summed E-state index contributed by atoms with van der Waals surface area (Å²) in [5.74, 6) is 1.76. The minimum absolute atomic E-state index is 0.404. The van der Waals surface area contributed by atoms with Crippen molar-refractivity contribution in [2.45, 2.75) is 46.1 Å². The van der Waals surface area contributed by atoms with E-state index >= 15 is 0 Å². The molecule has 3 heteroatoms. The van der Waals surface area contributed by atoms with E-state index in [4.69, 9.17) is 4.74 Å². The lowest BCUT2D eigenvalue weighted by atomic mass is 10.0. The molecular formula is C12H24N2O. The lowest BCUT2D eigenvalue weighted by Crippen LogP contribution is -2.42. The predicted octanol–water partition coefficient (Wildman–Crippen LogP) is 2.22. The van der Waals surface area contributed by atoms with E-state index in [0.717, 1.165) is 26.2 Å². The fourth-order valence-corrected chi connectivity index (χ4v) is 1.67. The zero-order valence-corrected chi connectivity index (χ0v) is 10.3. The van der Waals surface area contributed by atoms with E-state index in [1.165, 1.54) is 18.7 Å². The van der Waals surface area contributed by atoms with Gasteiger partial charge in [-0.1, -0.05) is 13.8 Å². The quantitative estimate of drug-likeness (QED) is 0.758. The maximum atomic E-state index is 5.48. The summed E-state index contributed by atoms with van der Waals surface area (Å²) in [5.41, 5.74) is 0. The maximum absolute atomic E-state index is 5.48. The summed E-state index contributed by atoms with van der Waals surface area (Å²) in [6, 6.07) is 0.404. The van der Waals surface area contributed by atoms with E-state index in [2.05, 4.69) is 24.2 Å². The lowest BCUT2D eigenvalue weighted by Gasteiger charge is -2.25. The number of ether oxygens (including phenoxy) is 1. The first-order valence-corrected chi connectivity index (χ1v) is 6.11. The second-order valence-corrected chi connectivity index (χ2v) is 4.44. The molecule has 0 saturated heterocycles. The molecule has 0 radical (unpaired) electrons. The summed E-state index contributed by atoms with van der Waals surface area (Å²) < 4.78 is 5.48. The van der Waals surface area contributed by atoms with Crippen molar-refractivity contribution in [1.82, 2.24) is 5.32 Å². The molecule has 0 amide bonds. The number of aliphatic imine (C=N–C) groups is 1. The Hall–Kier alpha value is -0.570. The van der Waals surface area contributed by atoms with Crippen LogP contribution in [-0.4, -0.2) is 31.6 Å². The zero-order valence-electron chi connectivity index (χ0n) is 10.3. The van der Waals surface area contributed by atoms with Crippen LogP contribution in [0.3, 0.4) is 0 Å². The summed E-state index contributed by atoms with van der Waals surface area (Å²) >= 11 is 0. The highest BCUT2D eigenvalue weighted by Crippen LogP contribution is 2.08. The number of nitrogens with one attached hydrogen (secondary N) is 1. The Morgan fingerprint density at radius 2 is 2.20 bits per heavy atom. The molecule has 88 valence electrons. The summed E-state index contributed by atoms with van der Waals surface area (Å²) in [5, 5.41) is 3.52. The third-order valence-corrected chi connectivity index (χ3v) is 2.78. The predicted molar refractivity (Wildman–Crippen MR) is 64.4 cm³/mol. The molecule has 1 aliphatic heterocycles. The highest BCUT2D eigenvalue weighted by atomic mass is 16.5. The van der Waals surface area contributed by atoms with Crippen LogP contribution in [0.5, 0.6) is 0 Å². The Balaban J connectivity index is 2.38. The highest BCUT2D eigenvalue weighted by molar-refractivity contribution is 5.82. The van der Waals surface area contributed by atoms with Gasteiger partial charge in [0.2, 0.25) is 0 Å². The van der Waals surface area contributed by atoms with Crippen LogP contribution in [0, 0.1) is 5.92 Å². The molecule has 1 heterocycles. The van der Waals surface area contributed by atoms with E-state index in [1.54, 1.807) is 0 Å². The third kappa shape index (κ3) is 4.65. The van der Waals surface area contributed by atoms with Crippen molar-refractivity contribution in [2.24, 2.45) is 10.9 Å². The molecule has 0 saturated carbocycles. The number of hydrogen-bond donors (Lipinski definition) is 1. The standard InChI is InChI=1S/C12H24N2O/c1-4-15-9-11(10(2)3)14-12-7-5-6-8-13-12/h10-11H,4-9H2,1-3H3,(H,13,14). The molecule has 1 N–H and O–H groups in total. The van der Waals surface area contributed by atoms with Crippen molar-refractivity contribution in [2.75, 3.05) is 19.8 Å². The zero-order chi connectivity index (χ0) is 11.1. The number of hydrogen-bond acceptors (Lipinski definition) is 3. The van der Waals surface area contributed by atoms with E-state index in [0.29, 0.717) is 12.0 Å². The SMILES string of the molecule is CCOCC(NC1=NCCCC1)C(C)C. The number of rotatable bonds is 5. The molecule has 0 fully saturated rings. The molecule has 1 unspecified atom stereocenters.